The van der Waals surface area contributed by atoms with E-state index in [2.05, 4.69) is 14.9 Å². The Kier molecular flexibility index (Phi) is 4.41. The van der Waals surface area contributed by atoms with Gasteiger partial charge >= 0.3 is 0 Å². The standard InChI is InChI=1S/C13H18N4O2S/c1-10-11(9-15-17-10)3-2-8-16-20(18,19)13-6-4-12(14)5-7-13/h4-7,9,16H,2-3,8,14H2,1H3,(H,15,17). The van der Waals surface area contributed by atoms with E-state index in [0.717, 1.165) is 17.7 Å². The molecule has 6 nitrogen and oxygen atoms in total. The first kappa shape index (κ1) is 14.5. The van der Waals surface area contributed by atoms with E-state index in [4.69, 9.17) is 5.73 Å². The molecule has 4 N–H and O–H groups in total. The number of anilines is 1. The second-order valence-electron chi connectivity index (χ2n) is 4.59. The quantitative estimate of drug-likeness (QED) is 0.550. The van der Waals surface area contributed by atoms with Crippen LogP contribution < -0.4 is 10.5 Å². The summed E-state index contributed by atoms with van der Waals surface area (Å²) in [5.41, 5.74) is 8.20. The van der Waals surface area contributed by atoms with E-state index in [-0.39, 0.29) is 4.90 Å². The number of hydrogen-bond donors (Lipinski definition) is 3. The Morgan fingerprint density at radius 1 is 1.30 bits per heavy atom. The van der Waals surface area contributed by atoms with E-state index in [0.29, 0.717) is 18.7 Å². The van der Waals surface area contributed by atoms with Gasteiger partial charge in [0.2, 0.25) is 10.0 Å². The fourth-order valence-electron chi connectivity index (χ4n) is 1.84. The molecule has 0 aliphatic rings. The highest BCUT2D eigenvalue weighted by Crippen LogP contribution is 2.11. The highest BCUT2D eigenvalue weighted by atomic mass is 32.2. The van der Waals surface area contributed by atoms with Crippen LogP contribution in [0.1, 0.15) is 17.7 Å². The van der Waals surface area contributed by atoms with Crippen molar-refractivity contribution < 1.29 is 8.42 Å². The monoisotopic (exact) mass is 294 g/mol. The van der Waals surface area contributed by atoms with Crippen LogP contribution in [0.4, 0.5) is 5.69 Å². The van der Waals surface area contributed by atoms with Crippen LogP contribution in [0, 0.1) is 6.92 Å². The number of H-pyrrole nitrogens is 1. The van der Waals surface area contributed by atoms with Crippen molar-refractivity contribution in [2.75, 3.05) is 12.3 Å². The normalized spacial score (nSPS) is 11.7. The lowest BCUT2D eigenvalue weighted by Crippen LogP contribution is -2.25. The van der Waals surface area contributed by atoms with E-state index in [1.807, 2.05) is 6.92 Å². The van der Waals surface area contributed by atoms with Crippen LogP contribution in [0.2, 0.25) is 0 Å². The van der Waals surface area contributed by atoms with Crippen molar-refractivity contribution in [2.45, 2.75) is 24.7 Å². The van der Waals surface area contributed by atoms with Crippen LogP contribution in [0.5, 0.6) is 0 Å². The Morgan fingerprint density at radius 3 is 2.60 bits per heavy atom. The van der Waals surface area contributed by atoms with E-state index in [1.165, 1.54) is 12.1 Å². The third kappa shape index (κ3) is 3.58. The summed E-state index contributed by atoms with van der Waals surface area (Å²) in [6.45, 7) is 2.33. The molecule has 0 amide bonds. The number of benzene rings is 1. The molecule has 0 saturated carbocycles. The summed E-state index contributed by atoms with van der Waals surface area (Å²) in [5.74, 6) is 0. The molecule has 1 aromatic carbocycles. The molecule has 1 aromatic heterocycles. The van der Waals surface area contributed by atoms with E-state index < -0.39 is 10.0 Å². The lowest BCUT2D eigenvalue weighted by atomic mass is 10.1. The number of nitrogen functional groups attached to an aromatic ring is 1. The third-order valence-corrected chi connectivity index (χ3v) is 4.52. The average Bonchev–Trinajstić information content (AvgIpc) is 2.81. The number of aryl methyl sites for hydroxylation is 2. The summed E-state index contributed by atoms with van der Waals surface area (Å²) >= 11 is 0. The highest BCUT2D eigenvalue weighted by Gasteiger charge is 2.12. The lowest BCUT2D eigenvalue weighted by Gasteiger charge is -2.06. The molecule has 1 heterocycles. The van der Waals surface area contributed by atoms with Gasteiger partial charge in [-0.05, 0) is 49.6 Å². The molecule has 0 fully saturated rings. The number of aromatic nitrogens is 2. The van der Waals surface area contributed by atoms with E-state index >= 15 is 0 Å². The molecule has 0 saturated heterocycles. The number of rotatable bonds is 6. The number of sulfonamides is 1. The first-order valence-electron chi connectivity index (χ1n) is 6.33. The maximum Gasteiger partial charge on any atom is 0.240 e. The zero-order valence-electron chi connectivity index (χ0n) is 11.3. The Bertz CT molecular complexity index is 662. The topological polar surface area (TPSA) is 101 Å². The van der Waals surface area contributed by atoms with Crippen LogP contribution >= 0.6 is 0 Å². The molecule has 7 heteroatoms. The Labute approximate surface area is 118 Å². The number of nitrogens with one attached hydrogen (secondary N) is 2. The minimum absolute atomic E-state index is 0.228. The second-order valence-corrected chi connectivity index (χ2v) is 6.36. The Morgan fingerprint density at radius 2 is 2.00 bits per heavy atom. The fraction of sp³-hybridized carbons (Fsp3) is 0.308. The zero-order chi connectivity index (χ0) is 14.6. The van der Waals surface area contributed by atoms with Crippen molar-refractivity contribution in [3.05, 3.63) is 41.7 Å². The van der Waals surface area contributed by atoms with E-state index in [9.17, 15) is 8.42 Å². The van der Waals surface area contributed by atoms with E-state index in [1.54, 1.807) is 18.3 Å². The maximum atomic E-state index is 12.0. The predicted octanol–water partition coefficient (Wildman–Crippen LogP) is 1.21. The van der Waals surface area contributed by atoms with Crippen LogP contribution in [-0.2, 0) is 16.4 Å². The summed E-state index contributed by atoms with van der Waals surface area (Å²) in [4.78, 5) is 0.228. The van der Waals surface area contributed by atoms with Crippen molar-refractivity contribution in [2.24, 2.45) is 0 Å². The minimum Gasteiger partial charge on any atom is -0.399 e. The molecule has 2 aromatic rings. The molecule has 0 radical (unpaired) electrons. The van der Waals surface area contributed by atoms with Crippen molar-refractivity contribution in [1.82, 2.24) is 14.9 Å². The summed E-state index contributed by atoms with van der Waals surface area (Å²) in [5, 5.41) is 6.79. The molecule has 0 spiro atoms. The molecular weight excluding hydrogens is 276 g/mol. The molecule has 0 atom stereocenters. The van der Waals surface area contributed by atoms with Crippen molar-refractivity contribution in [1.29, 1.82) is 0 Å². The van der Waals surface area contributed by atoms with Crippen molar-refractivity contribution in [3.63, 3.8) is 0 Å². The van der Waals surface area contributed by atoms with Gasteiger partial charge in [-0.1, -0.05) is 0 Å². The van der Waals surface area contributed by atoms with Gasteiger partial charge in [-0.2, -0.15) is 5.10 Å². The predicted molar refractivity (Wildman–Crippen MR) is 77.7 cm³/mol. The molecule has 20 heavy (non-hydrogen) atoms. The van der Waals surface area contributed by atoms with Gasteiger partial charge in [0.15, 0.2) is 0 Å². The van der Waals surface area contributed by atoms with Crippen LogP contribution in [0.25, 0.3) is 0 Å². The van der Waals surface area contributed by atoms with Crippen LogP contribution in [-0.4, -0.2) is 25.2 Å². The fourth-order valence-corrected chi connectivity index (χ4v) is 2.92. The largest absolute Gasteiger partial charge is 0.399 e. The molecule has 108 valence electrons. The number of aromatic amines is 1. The third-order valence-electron chi connectivity index (χ3n) is 3.04. The molecule has 2 rings (SSSR count). The van der Waals surface area contributed by atoms with Crippen LogP contribution in [0.15, 0.2) is 35.4 Å². The smallest absolute Gasteiger partial charge is 0.240 e. The van der Waals surface area contributed by atoms with Gasteiger partial charge in [0, 0.05) is 17.9 Å². The molecule has 0 aliphatic carbocycles. The number of nitrogens with two attached hydrogens (primary N) is 1. The molecule has 0 bridgehead atoms. The maximum absolute atomic E-state index is 12.0. The first-order valence-corrected chi connectivity index (χ1v) is 7.81. The number of hydrogen-bond acceptors (Lipinski definition) is 4. The van der Waals surface area contributed by atoms with Gasteiger partial charge in [0.05, 0.1) is 11.1 Å². The average molecular weight is 294 g/mol. The summed E-state index contributed by atoms with van der Waals surface area (Å²) < 4.78 is 26.6. The highest BCUT2D eigenvalue weighted by molar-refractivity contribution is 7.89. The summed E-state index contributed by atoms with van der Waals surface area (Å²) in [6.07, 6.45) is 3.27. The van der Waals surface area contributed by atoms with Gasteiger partial charge in [-0.25, -0.2) is 13.1 Å². The molecule has 0 aliphatic heterocycles. The Hall–Kier alpha value is -1.86. The van der Waals surface area contributed by atoms with Gasteiger partial charge in [-0.3, -0.25) is 5.10 Å². The van der Waals surface area contributed by atoms with Gasteiger partial charge in [0.1, 0.15) is 0 Å². The molecule has 0 unspecified atom stereocenters. The zero-order valence-corrected chi connectivity index (χ0v) is 12.1. The SMILES string of the molecule is Cc1[nH]ncc1CCCNS(=O)(=O)c1ccc(N)cc1. The summed E-state index contributed by atoms with van der Waals surface area (Å²) in [7, 11) is -3.46. The van der Waals surface area contributed by atoms with Gasteiger partial charge in [0.25, 0.3) is 0 Å². The minimum atomic E-state index is -3.46. The lowest BCUT2D eigenvalue weighted by molar-refractivity contribution is 0.579. The van der Waals surface area contributed by atoms with Crippen molar-refractivity contribution >= 4 is 15.7 Å². The van der Waals surface area contributed by atoms with Gasteiger partial charge < -0.3 is 5.73 Å². The second kappa shape index (κ2) is 6.06. The first-order chi connectivity index (χ1) is 9.49. The van der Waals surface area contributed by atoms with Crippen molar-refractivity contribution in [3.8, 4) is 0 Å². The summed E-state index contributed by atoms with van der Waals surface area (Å²) in [6, 6.07) is 6.14. The van der Waals surface area contributed by atoms with Gasteiger partial charge in [-0.15, -0.1) is 0 Å². The molecular formula is C13H18N4O2S. The number of nitrogens with zero attached hydrogens (tertiary/aromatic N) is 1. The van der Waals surface area contributed by atoms with Crippen LogP contribution in [0.3, 0.4) is 0 Å². The Balaban J connectivity index is 1.87.